The van der Waals surface area contributed by atoms with Gasteiger partial charge >= 0.3 is 12.1 Å². The Hall–Kier alpha value is -2.32. The van der Waals surface area contributed by atoms with Crippen molar-refractivity contribution in [2.24, 2.45) is 0 Å². The Labute approximate surface area is 161 Å². The van der Waals surface area contributed by atoms with Crippen molar-refractivity contribution in [2.45, 2.75) is 19.6 Å². The fourth-order valence-electron chi connectivity index (χ4n) is 2.52. The molecule has 1 aromatic carbocycles. The number of nitrogens with zero attached hydrogens (tertiary/aromatic N) is 1. The first-order valence-electron chi connectivity index (χ1n) is 7.95. The summed E-state index contributed by atoms with van der Waals surface area (Å²) in [6.07, 6.45) is -4.38. The predicted molar refractivity (Wildman–Crippen MR) is 99.4 cm³/mol. The van der Waals surface area contributed by atoms with E-state index >= 15 is 0 Å². The van der Waals surface area contributed by atoms with Gasteiger partial charge in [-0.15, -0.1) is 11.3 Å². The van der Waals surface area contributed by atoms with Crippen LogP contribution in [0, 0.1) is 0 Å². The minimum Gasteiger partial charge on any atom is -0.462 e. The second-order valence-electron chi connectivity index (χ2n) is 5.56. The second-order valence-corrected chi connectivity index (χ2v) is 6.83. The normalized spacial score (nSPS) is 11.6. The first kappa shape index (κ1) is 19.4. The van der Waals surface area contributed by atoms with E-state index in [1.54, 1.807) is 13.0 Å². The van der Waals surface area contributed by atoms with Gasteiger partial charge in [-0.1, -0.05) is 23.7 Å². The van der Waals surface area contributed by atoms with Gasteiger partial charge in [0, 0.05) is 6.54 Å². The summed E-state index contributed by atoms with van der Waals surface area (Å²) in [7, 11) is 0. The Balaban J connectivity index is 1.92. The first-order chi connectivity index (χ1) is 12.8. The number of nitrogens with one attached hydrogen (secondary N) is 1. The zero-order valence-corrected chi connectivity index (χ0v) is 15.6. The van der Waals surface area contributed by atoms with Crippen LogP contribution in [0.1, 0.15) is 28.4 Å². The number of benzene rings is 1. The van der Waals surface area contributed by atoms with E-state index < -0.39 is 17.7 Å². The topological polar surface area (TPSA) is 51.2 Å². The van der Waals surface area contributed by atoms with Crippen molar-refractivity contribution >= 4 is 44.8 Å². The molecule has 27 heavy (non-hydrogen) atoms. The Kier molecular flexibility index (Phi) is 5.57. The highest BCUT2D eigenvalue weighted by atomic mass is 35.5. The van der Waals surface area contributed by atoms with Gasteiger partial charge in [0.25, 0.3) is 0 Å². The highest BCUT2D eigenvalue weighted by Crippen LogP contribution is 2.35. The molecule has 0 unspecified atom stereocenters. The number of anilines is 1. The molecule has 0 saturated heterocycles. The smallest absolute Gasteiger partial charge is 0.416 e. The number of pyridine rings is 1. The van der Waals surface area contributed by atoms with Crippen LogP contribution in [0.3, 0.4) is 0 Å². The van der Waals surface area contributed by atoms with Crippen molar-refractivity contribution in [1.82, 2.24) is 4.98 Å². The number of carbonyl (C=O) groups excluding carboxylic acids is 1. The molecule has 0 radical (unpaired) electrons. The molecule has 0 aliphatic rings. The lowest BCUT2D eigenvalue weighted by Crippen LogP contribution is -2.12. The third kappa shape index (κ3) is 4.17. The summed E-state index contributed by atoms with van der Waals surface area (Å²) >= 11 is 7.55. The van der Waals surface area contributed by atoms with Gasteiger partial charge in [0.15, 0.2) is 0 Å². The third-order valence-corrected chi connectivity index (χ3v) is 4.97. The molecule has 2 heterocycles. The van der Waals surface area contributed by atoms with E-state index in [1.165, 1.54) is 23.5 Å². The molecule has 0 atom stereocenters. The van der Waals surface area contributed by atoms with Gasteiger partial charge in [-0.2, -0.15) is 13.2 Å². The van der Waals surface area contributed by atoms with Crippen LogP contribution in [0.25, 0.3) is 10.2 Å². The maximum Gasteiger partial charge on any atom is 0.416 e. The minimum atomic E-state index is -4.38. The molecule has 0 spiro atoms. The van der Waals surface area contributed by atoms with Gasteiger partial charge in [0.05, 0.1) is 28.1 Å². The van der Waals surface area contributed by atoms with E-state index in [1.807, 2.05) is 5.38 Å². The molecule has 1 N–H and O–H groups in total. The number of esters is 1. The number of ether oxygens (including phenoxy) is 1. The molecule has 0 amide bonds. The van der Waals surface area contributed by atoms with Crippen LogP contribution in [0.5, 0.6) is 0 Å². The van der Waals surface area contributed by atoms with E-state index in [0.717, 1.165) is 16.8 Å². The van der Waals surface area contributed by atoms with E-state index in [0.29, 0.717) is 16.8 Å². The maximum atomic E-state index is 12.7. The Bertz CT molecular complexity index is 971. The minimum absolute atomic E-state index is 0.00858. The number of aromatic nitrogens is 1. The summed E-state index contributed by atoms with van der Waals surface area (Å²) in [5, 5.41) is 4.92. The fourth-order valence-corrected chi connectivity index (χ4v) is 3.64. The molecule has 3 aromatic rings. The summed E-state index contributed by atoms with van der Waals surface area (Å²) in [6.45, 7) is 2.06. The molecule has 142 valence electrons. The highest BCUT2D eigenvalue weighted by molar-refractivity contribution is 7.17. The lowest BCUT2D eigenvalue weighted by Gasteiger charge is -2.14. The Morgan fingerprint density at radius 1 is 1.26 bits per heavy atom. The van der Waals surface area contributed by atoms with Crippen LogP contribution in [0.15, 0.2) is 35.7 Å². The van der Waals surface area contributed by atoms with Crippen molar-refractivity contribution in [1.29, 1.82) is 0 Å². The lowest BCUT2D eigenvalue weighted by atomic mass is 10.1. The fraction of sp³-hybridized carbons (Fsp3) is 0.222. The summed E-state index contributed by atoms with van der Waals surface area (Å²) in [5.41, 5.74) is 1.09. The molecule has 0 aliphatic heterocycles. The zero-order chi connectivity index (χ0) is 19.6. The predicted octanol–water partition coefficient (Wildman–Crippen LogP) is 5.76. The number of rotatable bonds is 5. The van der Waals surface area contributed by atoms with Gasteiger partial charge in [-0.3, -0.25) is 0 Å². The molecule has 4 nitrogen and oxygen atoms in total. The molecule has 2 aromatic heterocycles. The Morgan fingerprint density at radius 2 is 1.96 bits per heavy atom. The number of halogens is 4. The highest BCUT2D eigenvalue weighted by Gasteiger charge is 2.30. The van der Waals surface area contributed by atoms with Crippen LogP contribution < -0.4 is 5.32 Å². The summed E-state index contributed by atoms with van der Waals surface area (Å²) < 4.78 is 43.8. The van der Waals surface area contributed by atoms with Crippen LogP contribution in [0.4, 0.5) is 18.9 Å². The number of hydrogen-bond acceptors (Lipinski definition) is 5. The standard InChI is InChI=1S/C18H14ClF3N2O2S/c1-2-26-17(25)13-14(15-12(7-8-27-15)24-16(13)19)23-9-10-3-5-11(6-4-10)18(20,21)22/h3-8H,2,9H2,1H3,(H,23,24). The number of carbonyl (C=O) groups is 1. The molecule has 9 heteroatoms. The number of fused-ring (bicyclic) bond motifs is 1. The van der Waals surface area contributed by atoms with Crippen molar-refractivity contribution < 1.29 is 22.7 Å². The number of hydrogen-bond donors (Lipinski definition) is 1. The molecule has 0 bridgehead atoms. The van der Waals surface area contributed by atoms with Gasteiger partial charge in [-0.25, -0.2) is 9.78 Å². The molecule has 3 rings (SSSR count). The number of thiophene rings is 1. The zero-order valence-electron chi connectivity index (χ0n) is 14.1. The van der Waals surface area contributed by atoms with E-state index in [2.05, 4.69) is 10.3 Å². The maximum absolute atomic E-state index is 12.7. The van der Waals surface area contributed by atoms with Crippen molar-refractivity contribution in [2.75, 3.05) is 11.9 Å². The quantitative estimate of drug-likeness (QED) is 0.426. The molecular formula is C18H14ClF3N2O2S. The molecule has 0 saturated carbocycles. The molecular weight excluding hydrogens is 401 g/mol. The third-order valence-electron chi connectivity index (χ3n) is 3.78. The summed E-state index contributed by atoms with van der Waals surface area (Å²) in [5.74, 6) is -0.611. The first-order valence-corrected chi connectivity index (χ1v) is 9.21. The average molecular weight is 415 g/mol. The van der Waals surface area contributed by atoms with Gasteiger partial charge in [0.2, 0.25) is 0 Å². The molecule has 0 aliphatic carbocycles. The largest absolute Gasteiger partial charge is 0.462 e. The van der Waals surface area contributed by atoms with Crippen molar-refractivity contribution in [3.8, 4) is 0 Å². The SMILES string of the molecule is CCOC(=O)c1c(Cl)nc2ccsc2c1NCc1ccc(C(F)(F)F)cc1. The van der Waals surface area contributed by atoms with E-state index in [9.17, 15) is 18.0 Å². The van der Waals surface area contributed by atoms with Crippen molar-refractivity contribution in [3.63, 3.8) is 0 Å². The van der Waals surface area contributed by atoms with Crippen LogP contribution in [-0.4, -0.2) is 17.6 Å². The van der Waals surface area contributed by atoms with E-state index in [4.69, 9.17) is 16.3 Å². The van der Waals surface area contributed by atoms with Gasteiger partial charge in [-0.05, 0) is 36.1 Å². The van der Waals surface area contributed by atoms with Crippen LogP contribution in [0.2, 0.25) is 5.15 Å². The Morgan fingerprint density at radius 3 is 2.59 bits per heavy atom. The monoisotopic (exact) mass is 414 g/mol. The lowest BCUT2D eigenvalue weighted by molar-refractivity contribution is -0.137. The van der Waals surface area contributed by atoms with E-state index in [-0.39, 0.29) is 23.9 Å². The summed E-state index contributed by atoms with van der Waals surface area (Å²) in [4.78, 5) is 16.5. The second kappa shape index (κ2) is 7.74. The summed E-state index contributed by atoms with van der Waals surface area (Å²) in [6, 6.07) is 6.57. The van der Waals surface area contributed by atoms with Crippen molar-refractivity contribution in [3.05, 3.63) is 57.6 Å². The van der Waals surface area contributed by atoms with Crippen LogP contribution in [-0.2, 0) is 17.5 Å². The van der Waals surface area contributed by atoms with Gasteiger partial charge in [0.1, 0.15) is 10.7 Å². The van der Waals surface area contributed by atoms with Crippen LogP contribution >= 0.6 is 22.9 Å². The number of alkyl halides is 3. The van der Waals surface area contributed by atoms with Gasteiger partial charge < -0.3 is 10.1 Å². The average Bonchev–Trinajstić information content (AvgIpc) is 3.07. The molecule has 0 fully saturated rings.